The summed E-state index contributed by atoms with van der Waals surface area (Å²) in [5.74, 6) is 2.46. The molecule has 0 bridgehead atoms. The minimum atomic E-state index is -0.327. The fraction of sp³-hybridized carbons (Fsp3) is 0.391. The van der Waals surface area contributed by atoms with Crippen LogP contribution in [0, 0.1) is 6.92 Å². The Morgan fingerprint density at radius 1 is 1.17 bits per heavy atom. The molecular weight excluding hydrogens is 366 g/mol. The highest BCUT2D eigenvalue weighted by Crippen LogP contribution is 2.40. The van der Waals surface area contributed by atoms with Crippen molar-refractivity contribution in [3.8, 4) is 11.5 Å². The second kappa shape index (κ2) is 7.78. The van der Waals surface area contributed by atoms with Crippen LogP contribution in [0.1, 0.15) is 43.2 Å². The predicted molar refractivity (Wildman–Crippen MR) is 112 cm³/mol. The van der Waals surface area contributed by atoms with Gasteiger partial charge in [0.1, 0.15) is 23.4 Å². The van der Waals surface area contributed by atoms with Crippen molar-refractivity contribution >= 4 is 16.9 Å². The molecule has 3 aromatic rings. The monoisotopic (exact) mass is 393 g/mol. The maximum absolute atomic E-state index is 13.6. The molecule has 0 N–H and O–H groups in total. The third-order valence-corrected chi connectivity index (χ3v) is 5.85. The molecule has 0 radical (unpaired) electrons. The molecule has 0 unspecified atom stereocenters. The highest BCUT2D eigenvalue weighted by Gasteiger charge is 2.35. The summed E-state index contributed by atoms with van der Waals surface area (Å²) in [7, 11) is 3.29. The highest BCUT2D eigenvalue weighted by molar-refractivity contribution is 5.84. The Balaban J connectivity index is 1.67. The molecule has 2 atom stereocenters. The van der Waals surface area contributed by atoms with Crippen LogP contribution in [0.15, 0.2) is 42.5 Å². The molecule has 1 aliphatic heterocycles. The van der Waals surface area contributed by atoms with Crippen LogP contribution in [0.2, 0.25) is 0 Å². The average Bonchev–Trinajstić information content (AvgIpc) is 3.35. The maximum atomic E-state index is 13.6. The van der Waals surface area contributed by atoms with Gasteiger partial charge >= 0.3 is 0 Å². The number of likely N-dealkylation sites (tertiary alicyclic amines) is 1. The van der Waals surface area contributed by atoms with Gasteiger partial charge in [-0.3, -0.25) is 4.79 Å². The topological polar surface area (TPSA) is 56.6 Å². The minimum absolute atomic E-state index is 0.000831. The molecule has 1 aliphatic rings. The lowest BCUT2D eigenvalue weighted by Crippen LogP contribution is -2.36. The van der Waals surface area contributed by atoms with Crippen molar-refractivity contribution in [2.24, 2.45) is 0 Å². The van der Waals surface area contributed by atoms with E-state index in [4.69, 9.17) is 9.47 Å². The van der Waals surface area contributed by atoms with Gasteiger partial charge < -0.3 is 18.9 Å². The summed E-state index contributed by atoms with van der Waals surface area (Å²) in [5, 5.41) is 0. The predicted octanol–water partition coefficient (Wildman–Crippen LogP) is 4.29. The van der Waals surface area contributed by atoms with Crippen molar-refractivity contribution in [2.75, 3.05) is 20.8 Å². The standard InChI is InChI=1S/C23H27N3O3/c1-15(26-16(2)24-19-8-5-6-9-21(19)26)23(27)25-13-7-10-20(25)18-12-11-17(28-3)14-22(18)29-4/h5-6,8-9,11-12,14-15,20H,7,10,13H2,1-4H3/t15-,20+/m0/s1. The Bertz CT molecular complexity index is 1040. The zero-order valence-corrected chi connectivity index (χ0v) is 17.4. The smallest absolute Gasteiger partial charge is 0.245 e. The Kier molecular flexibility index (Phi) is 5.18. The van der Waals surface area contributed by atoms with Crippen molar-refractivity contribution in [1.29, 1.82) is 0 Å². The first-order chi connectivity index (χ1) is 14.0. The quantitative estimate of drug-likeness (QED) is 0.649. The number of carbonyl (C=O) groups excluding carboxylic acids is 1. The largest absolute Gasteiger partial charge is 0.497 e. The van der Waals surface area contributed by atoms with Gasteiger partial charge in [-0.25, -0.2) is 4.98 Å². The third-order valence-electron chi connectivity index (χ3n) is 5.85. The van der Waals surface area contributed by atoms with Gasteiger partial charge in [-0.2, -0.15) is 0 Å². The summed E-state index contributed by atoms with van der Waals surface area (Å²) < 4.78 is 13.0. The lowest BCUT2D eigenvalue weighted by atomic mass is 10.0. The molecule has 1 aromatic heterocycles. The Hall–Kier alpha value is -3.02. The Morgan fingerprint density at radius 3 is 2.72 bits per heavy atom. The Morgan fingerprint density at radius 2 is 1.97 bits per heavy atom. The number of benzene rings is 2. The molecule has 0 aliphatic carbocycles. The van der Waals surface area contributed by atoms with E-state index in [9.17, 15) is 4.79 Å². The molecule has 2 aromatic carbocycles. The number of aryl methyl sites for hydroxylation is 1. The maximum Gasteiger partial charge on any atom is 0.245 e. The number of imidazole rings is 1. The number of ether oxygens (including phenoxy) is 2. The average molecular weight is 393 g/mol. The number of methoxy groups -OCH3 is 2. The molecule has 4 rings (SSSR count). The number of hydrogen-bond acceptors (Lipinski definition) is 4. The number of aromatic nitrogens is 2. The van der Waals surface area contributed by atoms with Gasteiger partial charge in [0.25, 0.3) is 0 Å². The van der Waals surface area contributed by atoms with E-state index in [2.05, 4.69) is 4.98 Å². The number of para-hydroxylation sites is 2. The SMILES string of the molecule is COc1ccc([C@H]2CCCN2C(=O)[C@H](C)n2c(C)nc3ccccc32)c(OC)c1. The van der Waals surface area contributed by atoms with Crippen LogP contribution in [-0.2, 0) is 4.79 Å². The molecule has 29 heavy (non-hydrogen) atoms. The molecule has 1 amide bonds. The molecule has 152 valence electrons. The summed E-state index contributed by atoms with van der Waals surface area (Å²) in [6, 6.07) is 13.5. The normalized spacial score (nSPS) is 17.5. The van der Waals surface area contributed by atoms with Gasteiger partial charge in [0.05, 0.1) is 31.3 Å². The van der Waals surface area contributed by atoms with E-state index in [1.54, 1.807) is 14.2 Å². The molecule has 1 fully saturated rings. The number of nitrogens with zero attached hydrogens (tertiary/aromatic N) is 3. The summed E-state index contributed by atoms with van der Waals surface area (Å²) >= 11 is 0. The molecule has 0 saturated carbocycles. The molecule has 6 heteroatoms. The van der Waals surface area contributed by atoms with E-state index in [1.807, 2.05) is 65.8 Å². The number of hydrogen-bond donors (Lipinski definition) is 0. The van der Waals surface area contributed by atoms with Gasteiger partial charge in [0.15, 0.2) is 0 Å². The molecule has 6 nitrogen and oxygen atoms in total. The zero-order chi connectivity index (χ0) is 20.5. The first-order valence-electron chi connectivity index (χ1n) is 10.0. The van der Waals surface area contributed by atoms with E-state index < -0.39 is 0 Å². The van der Waals surface area contributed by atoms with E-state index in [-0.39, 0.29) is 18.0 Å². The molecule has 2 heterocycles. The van der Waals surface area contributed by atoms with E-state index in [0.29, 0.717) is 0 Å². The van der Waals surface area contributed by atoms with Gasteiger partial charge in [-0.1, -0.05) is 12.1 Å². The fourth-order valence-corrected chi connectivity index (χ4v) is 4.45. The van der Waals surface area contributed by atoms with Gasteiger partial charge in [-0.05, 0) is 51.0 Å². The van der Waals surface area contributed by atoms with Crippen molar-refractivity contribution in [1.82, 2.24) is 14.5 Å². The van der Waals surface area contributed by atoms with Crippen LogP contribution in [0.5, 0.6) is 11.5 Å². The lowest BCUT2D eigenvalue weighted by molar-refractivity contribution is -0.135. The third kappa shape index (κ3) is 3.33. The van der Waals surface area contributed by atoms with E-state index >= 15 is 0 Å². The summed E-state index contributed by atoms with van der Waals surface area (Å²) in [6.07, 6.45) is 1.90. The second-order valence-corrected chi connectivity index (χ2v) is 7.49. The van der Waals surface area contributed by atoms with E-state index in [1.165, 1.54) is 0 Å². The molecule has 0 spiro atoms. The lowest BCUT2D eigenvalue weighted by Gasteiger charge is -2.30. The van der Waals surface area contributed by atoms with Crippen molar-refractivity contribution in [3.63, 3.8) is 0 Å². The van der Waals surface area contributed by atoms with Crippen molar-refractivity contribution in [3.05, 3.63) is 53.9 Å². The Labute approximate surface area is 171 Å². The van der Waals surface area contributed by atoms with Gasteiger partial charge in [0.2, 0.25) is 5.91 Å². The molecular formula is C23H27N3O3. The number of amides is 1. The summed E-state index contributed by atoms with van der Waals surface area (Å²) in [5.41, 5.74) is 2.93. The number of carbonyl (C=O) groups is 1. The van der Waals surface area contributed by atoms with Crippen molar-refractivity contribution in [2.45, 2.75) is 38.8 Å². The number of fused-ring (bicyclic) bond motifs is 1. The van der Waals surface area contributed by atoms with Crippen LogP contribution in [0.25, 0.3) is 11.0 Å². The van der Waals surface area contributed by atoms with Crippen LogP contribution in [-0.4, -0.2) is 41.1 Å². The summed E-state index contributed by atoms with van der Waals surface area (Å²) in [6.45, 7) is 4.66. The highest BCUT2D eigenvalue weighted by atomic mass is 16.5. The van der Waals surface area contributed by atoms with Crippen molar-refractivity contribution < 1.29 is 14.3 Å². The number of rotatable bonds is 5. The van der Waals surface area contributed by atoms with Crippen LogP contribution >= 0.6 is 0 Å². The first kappa shape index (κ1) is 19.3. The zero-order valence-electron chi connectivity index (χ0n) is 17.4. The minimum Gasteiger partial charge on any atom is -0.497 e. The van der Waals surface area contributed by atoms with Gasteiger partial charge in [0, 0.05) is 18.2 Å². The van der Waals surface area contributed by atoms with Crippen LogP contribution < -0.4 is 9.47 Å². The van der Waals surface area contributed by atoms with Crippen LogP contribution in [0.4, 0.5) is 0 Å². The first-order valence-corrected chi connectivity index (χ1v) is 10.0. The van der Waals surface area contributed by atoms with Gasteiger partial charge in [-0.15, -0.1) is 0 Å². The van der Waals surface area contributed by atoms with E-state index in [0.717, 1.165) is 53.3 Å². The summed E-state index contributed by atoms with van der Waals surface area (Å²) in [4.78, 5) is 20.2. The molecule has 1 saturated heterocycles. The fourth-order valence-electron chi connectivity index (χ4n) is 4.45. The van der Waals surface area contributed by atoms with Crippen LogP contribution in [0.3, 0.4) is 0 Å². The second-order valence-electron chi connectivity index (χ2n) is 7.49.